The molecule has 0 saturated carbocycles. The molecule has 0 spiro atoms. The van der Waals surface area contributed by atoms with E-state index in [1.807, 2.05) is 18.2 Å². The number of hydrogen-bond acceptors (Lipinski definition) is 5. The zero-order valence-electron chi connectivity index (χ0n) is 16.1. The van der Waals surface area contributed by atoms with Crippen molar-refractivity contribution in [3.05, 3.63) is 84.1 Å². The van der Waals surface area contributed by atoms with Crippen molar-refractivity contribution in [3.8, 4) is 0 Å². The maximum absolute atomic E-state index is 12.6. The third-order valence-corrected chi connectivity index (χ3v) is 5.98. The Bertz CT molecular complexity index is 1310. The highest BCUT2D eigenvalue weighted by Gasteiger charge is 2.16. The van der Waals surface area contributed by atoms with E-state index in [4.69, 9.17) is 4.52 Å². The van der Waals surface area contributed by atoms with Crippen LogP contribution < -0.4 is 10.0 Å². The minimum absolute atomic E-state index is 0.0377. The van der Waals surface area contributed by atoms with E-state index in [1.54, 1.807) is 49.4 Å². The second kappa shape index (κ2) is 8.00. The summed E-state index contributed by atoms with van der Waals surface area (Å²) in [7, 11) is -3.73. The normalized spacial score (nSPS) is 11.4. The molecule has 7 nitrogen and oxygen atoms in total. The van der Waals surface area contributed by atoms with Crippen molar-refractivity contribution in [3.63, 3.8) is 0 Å². The number of carbonyl (C=O) groups excluding carboxylic acids is 1. The highest BCUT2D eigenvalue weighted by atomic mass is 32.2. The monoisotopic (exact) mass is 421 g/mol. The summed E-state index contributed by atoms with van der Waals surface area (Å²) in [4.78, 5) is 12.7. The topological polar surface area (TPSA) is 101 Å². The van der Waals surface area contributed by atoms with Gasteiger partial charge in [0, 0.05) is 11.1 Å². The average molecular weight is 421 g/mol. The fraction of sp³-hybridized carbons (Fsp3) is 0.0909. The molecule has 4 aromatic rings. The molecule has 0 aliphatic rings. The van der Waals surface area contributed by atoms with E-state index in [2.05, 4.69) is 15.2 Å². The van der Waals surface area contributed by atoms with E-state index in [1.165, 1.54) is 12.1 Å². The molecule has 0 atom stereocenters. The maximum Gasteiger partial charge on any atom is 0.261 e. The van der Waals surface area contributed by atoms with Crippen LogP contribution in [0.15, 0.2) is 82.2 Å². The van der Waals surface area contributed by atoms with Crippen LogP contribution in [0.3, 0.4) is 0 Å². The van der Waals surface area contributed by atoms with Gasteiger partial charge in [0.15, 0.2) is 5.58 Å². The molecule has 0 radical (unpaired) electrons. The lowest BCUT2D eigenvalue weighted by Gasteiger charge is -2.13. The van der Waals surface area contributed by atoms with Gasteiger partial charge in [-0.15, -0.1) is 0 Å². The number of carbonyl (C=O) groups is 1. The van der Waals surface area contributed by atoms with Crippen molar-refractivity contribution in [2.45, 2.75) is 18.2 Å². The average Bonchev–Trinajstić information content (AvgIpc) is 3.14. The number of anilines is 2. The summed E-state index contributed by atoms with van der Waals surface area (Å²) in [6, 6.07) is 20.5. The third kappa shape index (κ3) is 4.18. The fourth-order valence-corrected chi connectivity index (χ4v) is 4.18. The summed E-state index contributed by atoms with van der Waals surface area (Å²) in [5.74, 6) is -0.283. The van der Waals surface area contributed by atoms with Crippen LogP contribution in [-0.2, 0) is 21.2 Å². The number of para-hydroxylation sites is 1. The van der Waals surface area contributed by atoms with Crippen molar-refractivity contribution in [2.24, 2.45) is 0 Å². The van der Waals surface area contributed by atoms with E-state index in [0.717, 1.165) is 10.9 Å². The highest BCUT2D eigenvalue weighted by Crippen LogP contribution is 2.24. The first-order valence-electron chi connectivity index (χ1n) is 9.24. The van der Waals surface area contributed by atoms with Gasteiger partial charge in [0.05, 0.1) is 17.0 Å². The van der Waals surface area contributed by atoms with Crippen LogP contribution in [-0.4, -0.2) is 19.5 Å². The van der Waals surface area contributed by atoms with Gasteiger partial charge in [0.25, 0.3) is 10.0 Å². The maximum atomic E-state index is 12.6. The SMILES string of the molecule is Cc1ccc(NC(=O)Cc2noc3ccccc23)cc1NS(=O)(=O)c1ccccc1. The summed E-state index contributed by atoms with van der Waals surface area (Å²) in [5.41, 5.74) is 2.76. The molecule has 8 heteroatoms. The number of rotatable bonds is 6. The fourth-order valence-electron chi connectivity index (χ4n) is 3.04. The molecule has 0 unspecified atom stereocenters. The summed E-state index contributed by atoms with van der Waals surface area (Å²) in [6.45, 7) is 1.79. The summed E-state index contributed by atoms with van der Waals surface area (Å²) in [6.07, 6.45) is 0.0377. The number of hydrogen-bond donors (Lipinski definition) is 2. The molecule has 3 aromatic carbocycles. The van der Waals surface area contributed by atoms with Crippen molar-refractivity contribution in [2.75, 3.05) is 10.0 Å². The molecular formula is C22H19N3O4S. The van der Waals surface area contributed by atoms with Gasteiger partial charge in [-0.2, -0.15) is 0 Å². The Labute approximate surface area is 173 Å². The number of benzene rings is 3. The van der Waals surface area contributed by atoms with Crippen LogP contribution >= 0.6 is 0 Å². The molecule has 0 fully saturated rings. The first kappa shape index (κ1) is 19.7. The largest absolute Gasteiger partial charge is 0.356 e. The molecule has 1 heterocycles. The van der Waals surface area contributed by atoms with Crippen LogP contribution in [0.25, 0.3) is 11.0 Å². The van der Waals surface area contributed by atoms with Gasteiger partial charge >= 0.3 is 0 Å². The van der Waals surface area contributed by atoms with E-state index >= 15 is 0 Å². The Morgan fingerprint density at radius 2 is 1.73 bits per heavy atom. The first-order chi connectivity index (χ1) is 14.4. The van der Waals surface area contributed by atoms with E-state index in [0.29, 0.717) is 22.7 Å². The minimum atomic E-state index is -3.73. The van der Waals surface area contributed by atoms with E-state index < -0.39 is 10.0 Å². The van der Waals surface area contributed by atoms with Crippen molar-refractivity contribution >= 4 is 38.3 Å². The van der Waals surface area contributed by atoms with Crippen LogP contribution in [0.4, 0.5) is 11.4 Å². The standard InChI is InChI=1S/C22H19N3O4S/c1-15-11-12-16(13-19(15)25-30(27,28)17-7-3-2-4-8-17)23-22(26)14-20-18-9-5-6-10-21(18)29-24-20/h2-13,25H,14H2,1H3,(H,23,26). The number of amides is 1. The molecule has 152 valence electrons. The molecule has 1 aromatic heterocycles. The summed E-state index contributed by atoms with van der Waals surface area (Å²) >= 11 is 0. The zero-order valence-corrected chi connectivity index (χ0v) is 16.9. The van der Waals surface area contributed by atoms with E-state index in [-0.39, 0.29) is 17.2 Å². The van der Waals surface area contributed by atoms with E-state index in [9.17, 15) is 13.2 Å². The van der Waals surface area contributed by atoms with Gasteiger partial charge < -0.3 is 9.84 Å². The number of nitrogens with one attached hydrogen (secondary N) is 2. The number of fused-ring (bicyclic) bond motifs is 1. The predicted octanol–water partition coefficient (Wildman–Crippen LogP) is 4.12. The first-order valence-corrected chi connectivity index (χ1v) is 10.7. The molecular weight excluding hydrogens is 402 g/mol. The third-order valence-electron chi connectivity index (χ3n) is 4.60. The number of sulfonamides is 1. The molecule has 0 saturated heterocycles. The van der Waals surface area contributed by atoms with Crippen LogP contribution in [0.1, 0.15) is 11.3 Å². The minimum Gasteiger partial charge on any atom is -0.356 e. The second-order valence-corrected chi connectivity index (χ2v) is 8.48. The molecule has 4 rings (SSSR count). The molecule has 0 aliphatic heterocycles. The molecule has 30 heavy (non-hydrogen) atoms. The molecule has 1 amide bonds. The second-order valence-electron chi connectivity index (χ2n) is 6.80. The Kier molecular flexibility index (Phi) is 5.24. The summed E-state index contributed by atoms with van der Waals surface area (Å²) < 4.78 is 33.0. The van der Waals surface area contributed by atoms with Crippen molar-refractivity contribution in [1.82, 2.24) is 5.16 Å². The smallest absolute Gasteiger partial charge is 0.261 e. The van der Waals surface area contributed by atoms with Gasteiger partial charge in [-0.1, -0.05) is 41.6 Å². The Morgan fingerprint density at radius 3 is 2.53 bits per heavy atom. The van der Waals surface area contributed by atoms with Gasteiger partial charge in [-0.3, -0.25) is 9.52 Å². The van der Waals surface area contributed by atoms with Crippen molar-refractivity contribution < 1.29 is 17.7 Å². The lowest BCUT2D eigenvalue weighted by atomic mass is 10.1. The van der Waals surface area contributed by atoms with Crippen LogP contribution in [0.5, 0.6) is 0 Å². The Balaban J connectivity index is 1.51. The zero-order chi connectivity index (χ0) is 21.1. The molecule has 0 aliphatic carbocycles. The number of aromatic nitrogens is 1. The highest BCUT2D eigenvalue weighted by molar-refractivity contribution is 7.92. The van der Waals surface area contributed by atoms with Gasteiger partial charge in [-0.25, -0.2) is 8.42 Å². The molecule has 2 N–H and O–H groups in total. The number of nitrogens with zero attached hydrogens (tertiary/aromatic N) is 1. The predicted molar refractivity (Wildman–Crippen MR) is 115 cm³/mol. The summed E-state index contributed by atoms with van der Waals surface area (Å²) in [5, 5.41) is 7.53. The quantitative estimate of drug-likeness (QED) is 0.488. The lowest BCUT2D eigenvalue weighted by molar-refractivity contribution is -0.115. The Hall–Kier alpha value is -3.65. The number of aryl methyl sites for hydroxylation is 1. The van der Waals surface area contributed by atoms with Crippen LogP contribution in [0.2, 0.25) is 0 Å². The lowest BCUT2D eigenvalue weighted by Crippen LogP contribution is -2.16. The van der Waals surface area contributed by atoms with Crippen LogP contribution in [0, 0.1) is 6.92 Å². The van der Waals surface area contributed by atoms with Gasteiger partial charge in [-0.05, 0) is 48.9 Å². The van der Waals surface area contributed by atoms with Gasteiger partial charge in [0.2, 0.25) is 5.91 Å². The van der Waals surface area contributed by atoms with Gasteiger partial charge in [0.1, 0.15) is 5.69 Å². The molecule has 0 bridgehead atoms. The van der Waals surface area contributed by atoms with Crippen molar-refractivity contribution in [1.29, 1.82) is 0 Å². The Morgan fingerprint density at radius 1 is 1.00 bits per heavy atom.